The Morgan fingerprint density at radius 3 is 1.75 bits per heavy atom. The minimum Gasteiger partial charge on any atom is -0.306 e. The number of nitrogens with zero attached hydrogens (tertiary/aromatic N) is 5. The quantitative estimate of drug-likeness (QED) is 0.538. The van der Waals surface area contributed by atoms with Crippen molar-refractivity contribution in [1.82, 2.24) is 19.1 Å². The summed E-state index contributed by atoms with van der Waals surface area (Å²) >= 11 is 0. The molecule has 0 bridgehead atoms. The third-order valence-electron chi connectivity index (χ3n) is 3.71. The van der Waals surface area contributed by atoms with Crippen molar-refractivity contribution in [3.63, 3.8) is 0 Å². The van der Waals surface area contributed by atoms with E-state index < -0.39 is 0 Å². The van der Waals surface area contributed by atoms with E-state index >= 15 is 0 Å². The van der Waals surface area contributed by atoms with Crippen molar-refractivity contribution in [2.24, 2.45) is 4.99 Å². The minimum atomic E-state index is 0.914. The summed E-state index contributed by atoms with van der Waals surface area (Å²) in [4.78, 5) is 12.6. The Balaban J connectivity index is 1.48. The Morgan fingerprint density at radius 1 is 0.708 bits per heavy atom. The highest BCUT2D eigenvalue weighted by atomic mass is 15.0. The van der Waals surface area contributed by atoms with Gasteiger partial charge in [-0.2, -0.15) is 0 Å². The predicted octanol–water partition coefficient (Wildman–Crippen LogP) is 3.81. The van der Waals surface area contributed by atoms with E-state index in [1.165, 1.54) is 0 Å². The van der Waals surface area contributed by atoms with Gasteiger partial charge in [0.2, 0.25) is 0 Å². The van der Waals surface area contributed by atoms with Gasteiger partial charge in [0, 0.05) is 42.4 Å². The summed E-state index contributed by atoms with van der Waals surface area (Å²) in [5.41, 5.74) is 4.11. The first kappa shape index (κ1) is 14.1. The summed E-state index contributed by atoms with van der Waals surface area (Å²) in [6.07, 6.45) is 12.8. The Bertz CT molecular complexity index is 839. The van der Waals surface area contributed by atoms with Gasteiger partial charge in [-0.15, -0.1) is 0 Å². The van der Waals surface area contributed by atoms with E-state index in [0.29, 0.717) is 0 Å². The van der Waals surface area contributed by atoms with Crippen LogP contribution in [0, 0.1) is 0 Å². The smallest absolute Gasteiger partial charge is 0.0991 e. The first-order valence-corrected chi connectivity index (χ1v) is 7.59. The maximum Gasteiger partial charge on any atom is 0.0991 e. The average Bonchev–Trinajstić information content (AvgIpc) is 3.34. The molecule has 0 amide bonds. The predicted molar refractivity (Wildman–Crippen MR) is 94.4 cm³/mol. The van der Waals surface area contributed by atoms with Gasteiger partial charge in [0.15, 0.2) is 0 Å². The topological polar surface area (TPSA) is 48.0 Å². The molecular formula is C19H15N5. The second-order valence-electron chi connectivity index (χ2n) is 5.31. The molecule has 0 saturated carbocycles. The molecule has 0 N–H and O–H groups in total. The maximum atomic E-state index is 4.52. The molecule has 0 saturated heterocycles. The molecule has 0 aliphatic heterocycles. The lowest BCUT2D eigenvalue weighted by Gasteiger charge is -2.03. The number of imidazole rings is 2. The van der Waals surface area contributed by atoms with Crippen LogP contribution in [0.1, 0.15) is 5.56 Å². The molecule has 4 aromatic rings. The molecule has 0 spiro atoms. The van der Waals surface area contributed by atoms with Gasteiger partial charge in [0.05, 0.1) is 18.3 Å². The van der Waals surface area contributed by atoms with Gasteiger partial charge in [-0.05, 0) is 42.0 Å². The molecule has 4 rings (SSSR count). The molecular weight excluding hydrogens is 298 g/mol. The van der Waals surface area contributed by atoms with Crippen LogP contribution in [0.15, 0.2) is 91.0 Å². The van der Waals surface area contributed by atoms with Crippen LogP contribution in [0.4, 0.5) is 5.69 Å². The highest BCUT2D eigenvalue weighted by Crippen LogP contribution is 2.16. The molecule has 5 nitrogen and oxygen atoms in total. The van der Waals surface area contributed by atoms with E-state index in [1.54, 1.807) is 25.0 Å². The van der Waals surface area contributed by atoms with Crippen LogP contribution >= 0.6 is 0 Å². The van der Waals surface area contributed by atoms with Gasteiger partial charge in [0.25, 0.3) is 0 Å². The summed E-state index contributed by atoms with van der Waals surface area (Å²) < 4.78 is 3.93. The molecule has 0 radical (unpaired) electrons. The van der Waals surface area contributed by atoms with Crippen LogP contribution in [-0.4, -0.2) is 25.3 Å². The molecule has 116 valence electrons. The van der Waals surface area contributed by atoms with Gasteiger partial charge in [-0.3, -0.25) is 4.99 Å². The third kappa shape index (κ3) is 3.01. The fourth-order valence-electron chi connectivity index (χ4n) is 2.42. The highest BCUT2D eigenvalue weighted by molar-refractivity contribution is 5.82. The molecule has 0 unspecified atom stereocenters. The zero-order chi connectivity index (χ0) is 16.2. The number of hydrogen-bond donors (Lipinski definition) is 0. The first-order valence-electron chi connectivity index (χ1n) is 7.59. The van der Waals surface area contributed by atoms with Crippen LogP contribution < -0.4 is 0 Å². The van der Waals surface area contributed by atoms with Gasteiger partial charge in [-0.1, -0.05) is 12.1 Å². The van der Waals surface area contributed by atoms with E-state index in [0.717, 1.165) is 22.6 Å². The van der Waals surface area contributed by atoms with Crippen LogP contribution in [-0.2, 0) is 0 Å². The Hall–Kier alpha value is -3.47. The largest absolute Gasteiger partial charge is 0.306 e. The Morgan fingerprint density at radius 2 is 1.25 bits per heavy atom. The van der Waals surface area contributed by atoms with E-state index in [2.05, 4.69) is 15.0 Å². The maximum absolute atomic E-state index is 4.52. The SMILES string of the molecule is C(=N\c1ccc(-n2ccnc2)cc1)/c1ccc(-n2ccnc2)cc1. The van der Waals surface area contributed by atoms with Gasteiger partial charge in [-0.25, -0.2) is 9.97 Å². The normalized spacial score (nSPS) is 11.2. The average molecular weight is 313 g/mol. The highest BCUT2D eigenvalue weighted by Gasteiger charge is 1.97. The van der Waals surface area contributed by atoms with Crippen molar-refractivity contribution in [3.05, 3.63) is 91.5 Å². The van der Waals surface area contributed by atoms with E-state index in [-0.39, 0.29) is 0 Å². The molecule has 2 aromatic heterocycles. The number of rotatable bonds is 4. The summed E-state index contributed by atoms with van der Waals surface area (Å²) in [5, 5.41) is 0. The molecule has 0 aliphatic carbocycles. The summed E-state index contributed by atoms with van der Waals surface area (Å²) in [6, 6.07) is 16.2. The minimum absolute atomic E-state index is 0.914. The Kier molecular flexibility index (Phi) is 3.73. The zero-order valence-electron chi connectivity index (χ0n) is 12.9. The third-order valence-corrected chi connectivity index (χ3v) is 3.71. The molecule has 2 aromatic carbocycles. The summed E-state index contributed by atoms with van der Waals surface area (Å²) in [6.45, 7) is 0. The number of benzene rings is 2. The van der Waals surface area contributed by atoms with Gasteiger partial charge in [0.1, 0.15) is 0 Å². The van der Waals surface area contributed by atoms with Crippen molar-refractivity contribution in [3.8, 4) is 11.4 Å². The lowest BCUT2D eigenvalue weighted by molar-refractivity contribution is 1.06. The van der Waals surface area contributed by atoms with Crippen LogP contribution in [0.3, 0.4) is 0 Å². The van der Waals surface area contributed by atoms with E-state index in [4.69, 9.17) is 0 Å². The van der Waals surface area contributed by atoms with Crippen molar-refractivity contribution < 1.29 is 0 Å². The molecule has 24 heavy (non-hydrogen) atoms. The van der Waals surface area contributed by atoms with Crippen molar-refractivity contribution >= 4 is 11.9 Å². The monoisotopic (exact) mass is 313 g/mol. The fourth-order valence-corrected chi connectivity index (χ4v) is 2.42. The fraction of sp³-hybridized carbons (Fsp3) is 0. The molecule has 5 heteroatoms. The standard InChI is InChI=1S/C19H15N5/c1-5-18(23-11-9-20-14-23)6-2-16(1)13-22-17-3-7-19(8-4-17)24-12-10-21-15-24/h1-15H/b22-13+. The second-order valence-corrected chi connectivity index (χ2v) is 5.31. The zero-order valence-corrected chi connectivity index (χ0v) is 12.9. The van der Waals surface area contributed by atoms with E-state index in [9.17, 15) is 0 Å². The van der Waals surface area contributed by atoms with E-state index in [1.807, 2.05) is 76.3 Å². The van der Waals surface area contributed by atoms with Crippen LogP contribution in [0.2, 0.25) is 0 Å². The Labute approximate surface area is 139 Å². The van der Waals surface area contributed by atoms with Crippen LogP contribution in [0.5, 0.6) is 0 Å². The van der Waals surface area contributed by atoms with Crippen molar-refractivity contribution in [2.75, 3.05) is 0 Å². The molecule has 2 heterocycles. The number of aliphatic imine (C=N–C) groups is 1. The van der Waals surface area contributed by atoms with Crippen LogP contribution in [0.25, 0.3) is 11.4 Å². The number of aromatic nitrogens is 4. The lowest BCUT2D eigenvalue weighted by Crippen LogP contribution is -1.90. The lowest BCUT2D eigenvalue weighted by atomic mass is 10.2. The summed E-state index contributed by atoms with van der Waals surface area (Å²) in [7, 11) is 0. The number of hydrogen-bond acceptors (Lipinski definition) is 3. The summed E-state index contributed by atoms with van der Waals surface area (Å²) in [5.74, 6) is 0. The first-order chi connectivity index (χ1) is 11.9. The second kappa shape index (κ2) is 6.34. The van der Waals surface area contributed by atoms with Crippen molar-refractivity contribution in [2.45, 2.75) is 0 Å². The van der Waals surface area contributed by atoms with Crippen molar-refractivity contribution in [1.29, 1.82) is 0 Å². The van der Waals surface area contributed by atoms with Gasteiger partial charge < -0.3 is 9.13 Å². The molecule has 0 fully saturated rings. The van der Waals surface area contributed by atoms with Gasteiger partial charge >= 0.3 is 0 Å². The molecule has 0 atom stereocenters. The molecule has 0 aliphatic rings.